The minimum absolute atomic E-state index is 0.256. The SMILES string of the molecule is CC1CN(CC2CCCO2)c2ccccc2O1. The number of benzene rings is 1. The Hall–Kier alpha value is -1.22. The summed E-state index contributed by atoms with van der Waals surface area (Å²) in [5.41, 5.74) is 1.21. The highest BCUT2D eigenvalue weighted by atomic mass is 16.5. The van der Waals surface area contributed by atoms with Gasteiger partial charge in [0.2, 0.25) is 0 Å². The van der Waals surface area contributed by atoms with E-state index in [2.05, 4.69) is 24.0 Å². The molecule has 1 saturated heterocycles. The number of nitrogens with zero attached hydrogens (tertiary/aromatic N) is 1. The molecule has 2 aliphatic rings. The van der Waals surface area contributed by atoms with Gasteiger partial charge >= 0.3 is 0 Å². The predicted molar refractivity (Wildman–Crippen MR) is 67.7 cm³/mol. The molecule has 2 unspecified atom stereocenters. The van der Waals surface area contributed by atoms with Gasteiger partial charge in [0.15, 0.2) is 0 Å². The van der Waals surface area contributed by atoms with E-state index in [-0.39, 0.29) is 6.10 Å². The van der Waals surface area contributed by atoms with Gasteiger partial charge in [-0.1, -0.05) is 12.1 Å². The molecular formula is C14H19NO2. The minimum atomic E-state index is 0.256. The lowest BCUT2D eigenvalue weighted by molar-refractivity contribution is 0.111. The molecular weight excluding hydrogens is 214 g/mol. The summed E-state index contributed by atoms with van der Waals surface area (Å²) in [4.78, 5) is 2.40. The molecule has 0 saturated carbocycles. The highest BCUT2D eigenvalue weighted by Crippen LogP contribution is 2.33. The molecule has 0 bridgehead atoms. The lowest BCUT2D eigenvalue weighted by Gasteiger charge is -2.36. The third-order valence-electron chi connectivity index (χ3n) is 3.46. The summed E-state index contributed by atoms with van der Waals surface area (Å²) in [6.45, 7) is 4.99. The second-order valence-electron chi connectivity index (χ2n) is 4.94. The topological polar surface area (TPSA) is 21.7 Å². The predicted octanol–water partition coefficient (Wildman–Crippen LogP) is 2.45. The summed E-state index contributed by atoms with van der Waals surface area (Å²) in [7, 11) is 0. The molecule has 2 heterocycles. The van der Waals surface area contributed by atoms with Crippen LogP contribution in [0.2, 0.25) is 0 Å². The lowest BCUT2D eigenvalue weighted by Crippen LogP contribution is -2.42. The number of hydrogen-bond acceptors (Lipinski definition) is 3. The molecule has 17 heavy (non-hydrogen) atoms. The van der Waals surface area contributed by atoms with Crippen LogP contribution < -0.4 is 9.64 Å². The summed E-state index contributed by atoms with van der Waals surface area (Å²) in [5, 5.41) is 0. The van der Waals surface area contributed by atoms with Crippen molar-refractivity contribution in [1.29, 1.82) is 0 Å². The van der Waals surface area contributed by atoms with Crippen LogP contribution in [0.25, 0.3) is 0 Å². The van der Waals surface area contributed by atoms with Gasteiger partial charge in [-0.3, -0.25) is 0 Å². The summed E-state index contributed by atoms with van der Waals surface area (Å²) in [6, 6.07) is 8.28. The van der Waals surface area contributed by atoms with Crippen molar-refractivity contribution in [2.24, 2.45) is 0 Å². The number of hydrogen-bond donors (Lipinski definition) is 0. The van der Waals surface area contributed by atoms with Gasteiger partial charge < -0.3 is 14.4 Å². The van der Waals surface area contributed by atoms with Crippen LogP contribution in [0.1, 0.15) is 19.8 Å². The van der Waals surface area contributed by atoms with E-state index in [4.69, 9.17) is 9.47 Å². The number of para-hydroxylation sites is 2. The monoisotopic (exact) mass is 233 g/mol. The van der Waals surface area contributed by atoms with Crippen LogP contribution in [0.4, 0.5) is 5.69 Å². The summed E-state index contributed by atoms with van der Waals surface area (Å²) in [6.07, 6.45) is 3.04. The van der Waals surface area contributed by atoms with E-state index in [1.165, 1.54) is 18.5 Å². The van der Waals surface area contributed by atoms with E-state index >= 15 is 0 Å². The van der Waals surface area contributed by atoms with E-state index in [9.17, 15) is 0 Å². The molecule has 2 aliphatic heterocycles. The van der Waals surface area contributed by atoms with Gasteiger partial charge in [-0.05, 0) is 31.9 Å². The normalized spacial score (nSPS) is 27.7. The van der Waals surface area contributed by atoms with Crippen LogP contribution in [0.5, 0.6) is 5.75 Å². The molecule has 0 aromatic heterocycles. The van der Waals surface area contributed by atoms with Crippen molar-refractivity contribution < 1.29 is 9.47 Å². The van der Waals surface area contributed by atoms with E-state index in [1.54, 1.807) is 0 Å². The highest BCUT2D eigenvalue weighted by molar-refractivity contribution is 5.60. The smallest absolute Gasteiger partial charge is 0.143 e. The first-order valence-corrected chi connectivity index (χ1v) is 6.45. The fourth-order valence-corrected chi connectivity index (χ4v) is 2.69. The summed E-state index contributed by atoms with van der Waals surface area (Å²) >= 11 is 0. The molecule has 3 nitrogen and oxygen atoms in total. The molecule has 2 atom stereocenters. The fraction of sp³-hybridized carbons (Fsp3) is 0.571. The molecule has 0 aliphatic carbocycles. The zero-order valence-corrected chi connectivity index (χ0v) is 10.3. The molecule has 92 valence electrons. The van der Waals surface area contributed by atoms with Crippen molar-refractivity contribution >= 4 is 5.69 Å². The van der Waals surface area contributed by atoms with Gasteiger partial charge in [-0.2, -0.15) is 0 Å². The molecule has 1 aromatic rings. The van der Waals surface area contributed by atoms with Gasteiger partial charge in [-0.15, -0.1) is 0 Å². The van der Waals surface area contributed by atoms with Crippen molar-refractivity contribution in [1.82, 2.24) is 0 Å². The third-order valence-corrected chi connectivity index (χ3v) is 3.46. The first-order chi connectivity index (χ1) is 8.33. The van der Waals surface area contributed by atoms with Crippen LogP contribution in [0.3, 0.4) is 0 Å². The van der Waals surface area contributed by atoms with Crippen molar-refractivity contribution in [2.45, 2.75) is 32.0 Å². The second kappa shape index (κ2) is 4.57. The first kappa shape index (κ1) is 10.9. The van der Waals surface area contributed by atoms with Gasteiger partial charge in [0.1, 0.15) is 11.9 Å². The maximum absolute atomic E-state index is 5.84. The van der Waals surface area contributed by atoms with Crippen LogP contribution in [0.15, 0.2) is 24.3 Å². The molecule has 0 radical (unpaired) electrons. The number of anilines is 1. The maximum Gasteiger partial charge on any atom is 0.143 e. The standard InChI is InChI=1S/C14H19NO2/c1-11-9-15(10-12-5-4-8-16-12)13-6-2-3-7-14(13)17-11/h2-3,6-7,11-12H,4-5,8-10H2,1H3. The molecule has 1 aromatic carbocycles. The number of fused-ring (bicyclic) bond motifs is 1. The van der Waals surface area contributed by atoms with Crippen molar-refractivity contribution in [3.63, 3.8) is 0 Å². The van der Waals surface area contributed by atoms with E-state index < -0.39 is 0 Å². The fourth-order valence-electron chi connectivity index (χ4n) is 2.69. The van der Waals surface area contributed by atoms with E-state index in [0.29, 0.717) is 6.10 Å². The maximum atomic E-state index is 5.84. The van der Waals surface area contributed by atoms with Gasteiger partial charge in [0.05, 0.1) is 18.3 Å². The van der Waals surface area contributed by atoms with Crippen LogP contribution >= 0.6 is 0 Å². The van der Waals surface area contributed by atoms with Gasteiger partial charge in [0.25, 0.3) is 0 Å². The Labute approximate surface area is 102 Å². The molecule has 3 heteroatoms. The second-order valence-corrected chi connectivity index (χ2v) is 4.94. The van der Waals surface area contributed by atoms with Crippen LogP contribution in [-0.2, 0) is 4.74 Å². The Morgan fingerprint density at radius 1 is 1.35 bits per heavy atom. The van der Waals surface area contributed by atoms with Crippen molar-refractivity contribution in [2.75, 3.05) is 24.6 Å². The molecule has 0 N–H and O–H groups in total. The zero-order valence-electron chi connectivity index (χ0n) is 10.3. The third kappa shape index (κ3) is 2.25. The minimum Gasteiger partial charge on any atom is -0.487 e. The summed E-state index contributed by atoms with van der Waals surface area (Å²) < 4.78 is 11.6. The molecule has 0 spiro atoms. The Kier molecular flexibility index (Phi) is 2.93. The van der Waals surface area contributed by atoms with Crippen LogP contribution in [-0.4, -0.2) is 31.9 Å². The average molecular weight is 233 g/mol. The van der Waals surface area contributed by atoms with Gasteiger partial charge in [-0.25, -0.2) is 0 Å². The van der Waals surface area contributed by atoms with Crippen molar-refractivity contribution in [3.05, 3.63) is 24.3 Å². The average Bonchev–Trinajstić information content (AvgIpc) is 2.81. The first-order valence-electron chi connectivity index (χ1n) is 6.45. The molecule has 1 fully saturated rings. The quantitative estimate of drug-likeness (QED) is 0.783. The number of rotatable bonds is 2. The largest absolute Gasteiger partial charge is 0.487 e. The molecule has 0 amide bonds. The highest BCUT2D eigenvalue weighted by Gasteiger charge is 2.26. The van der Waals surface area contributed by atoms with Crippen molar-refractivity contribution in [3.8, 4) is 5.75 Å². The Morgan fingerprint density at radius 3 is 3.06 bits per heavy atom. The Balaban J connectivity index is 1.79. The molecule has 3 rings (SSSR count). The summed E-state index contributed by atoms with van der Waals surface area (Å²) in [5.74, 6) is 1.00. The van der Waals surface area contributed by atoms with E-state index in [1.807, 2.05) is 12.1 Å². The number of ether oxygens (including phenoxy) is 2. The zero-order chi connectivity index (χ0) is 11.7. The van der Waals surface area contributed by atoms with Gasteiger partial charge in [0, 0.05) is 13.2 Å². The Bertz CT molecular complexity index is 388. The van der Waals surface area contributed by atoms with E-state index in [0.717, 1.165) is 25.4 Å². The van der Waals surface area contributed by atoms with Crippen LogP contribution in [0, 0.1) is 0 Å². The Morgan fingerprint density at radius 2 is 2.24 bits per heavy atom. The lowest BCUT2D eigenvalue weighted by atomic mass is 10.1.